The molecule has 2 saturated heterocycles. The van der Waals surface area contributed by atoms with Crippen LogP contribution in [0.2, 0.25) is 0 Å². The van der Waals surface area contributed by atoms with Crippen molar-refractivity contribution in [2.45, 2.75) is 97.4 Å². The number of nitrogens with zero attached hydrogens (tertiary/aromatic N) is 2. The molecule has 0 spiro atoms. The van der Waals surface area contributed by atoms with E-state index in [1.54, 1.807) is 0 Å². The Hall–Kier alpha value is -1.54. The fraction of sp³-hybridized carbons (Fsp3) is 0.929. The number of carbonyl (C=O) groups excluding carboxylic acids is 2. The lowest BCUT2D eigenvalue weighted by Gasteiger charge is -2.46. The van der Waals surface area contributed by atoms with Crippen molar-refractivity contribution in [3.05, 3.63) is 0 Å². The number of likely N-dealkylation sites (tertiary alicyclic amines) is 2. The van der Waals surface area contributed by atoms with E-state index in [9.17, 15) is 9.59 Å². The standard InChI is InChI=1S/C28H52N4O4/c1-27(2)20-24(30-26(34)36-19-11-17-32-14-8-5-9-15-32)21-28(3,22-27)23-29-25(33)35-18-10-16-31-12-6-4-7-13-31/h24H,4-23H2,1-3H3,(H,29,33)(H,30,34). The Morgan fingerprint density at radius 3 is 1.86 bits per heavy atom. The third-order valence-corrected chi connectivity index (χ3v) is 8.03. The summed E-state index contributed by atoms with van der Waals surface area (Å²) in [6.07, 6.45) is 11.6. The van der Waals surface area contributed by atoms with Gasteiger partial charge in [-0.1, -0.05) is 33.6 Å². The van der Waals surface area contributed by atoms with Crippen LogP contribution < -0.4 is 10.6 Å². The molecule has 0 aromatic heterocycles. The topological polar surface area (TPSA) is 83.1 Å². The van der Waals surface area contributed by atoms with E-state index in [2.05, 4.69) is 41.2 Å². The lowest BCUT2D eigenvalue weighted by molar-refractivity contribution is 0.0614. The van der Waals surface area contributed by atoms with Gasteiger partial charge in [0.15, 0.2) is 0 Å². The van der Waals surface area contributed by atoms with E-state index < -0.39 is 0 Å². The maximum Gasteiger partial charge on any atom is 0.407 e. The summed E-state index contributed by atoms with van der Waals surface area (Å²) in [5.74, 6) is 0. The van der Waals surface area contributed by atoms with Crippen LogP contribution in [0.3, 0.4) is 0 Å². The summed E-state index contributed by atoms with van der Waals surface area (Å²) in [5, 5.41) is 6.10. The Morgan fingerprint density at radius 1 is 0.778 bits per heavy atom. The molecule has 2 atom stereocenters. The predicted molar refractivity (Wildman–Crippen MR) is 143 cm³/mol. The highest BCUT2D eigenvalue weighted by molar-refractivity contribution is 5.68. The zero-order valence-corrected chi connectivity index (χ0v) is 23.2. The zero-order valence-electron chi connectivity index (χ0n) is 23.2. The first-order valence-electron chi connectivity index (χ1n) is 14.5. The smallest absolute Gasteiger partial charge is 0.407 e. The van der Waals surface area contributed by atoms with Gasteiger partial charge in [-0.2, -0.15) is 0 Å². The predicted octanol–water partition coefficient (Wildman–Crippen LogP) is 4.78. The lowest BCUT2D eigenvalue weighted by Crippen LogP contribution is -2.50. The van der Waals surface area contributed by atoms with Crippen molar-refractivity contribution in [1.29, 1.82) is 0 Å². The highest BCUT2D eigenvalue weighted by atomic mass is 16.6. The van der Waals surface area contributed by atoms with Gasteiger partial charge in [-0.3, -0.25) is 0 Å². The van der Waals surface area contributed by atoms with Crippen molar-refractivity contribution in [2.24, 2.45) is 10.8 Å². The van der Waals surface area contributed by atoms with Gasteiger partial charge in [-0.15, -0.1) is 0 Å². The second kappa shape index (κ2) is 14.4. The van der Waals surface area contributed by atoms with Crippen LogP contribution in [0.25, 0.3) is 0 Å². The van der Waals surface area contributed by atoms with Gasteiger partial charge >= 0.3 is 12.2 Å². The van der Waals surface area contributed by atoms with Gasteiger partial charge in [-0.25, -0.2) is 9.59 Å². The highest BCUT2D eigenvalue weighted by Gasteiger charge is 2.42. The molecule has 8 nitrogen and oxygen atoms in total. The average molecular weight is 509 g/mol. The Kier molecular flexibility index (Phi) is 11.6. The minimum absolute atomic E-state index is 0.0377. The molecule has 0 bridgehead atoms. The molecule has 2 amide bonds. The lowest BCUT2D eigenvalue weighted by atomic mass is 9.62. The number of amides is 2. The summed E-state index contributed by atoms with van der Waals surface area (Å²) in [5.41, 5.74) is -0.0417. The molecule has 3 fully saturated rings. The number of alkyl carbamates (subject to hydrolysis) is 2. The van der Waals surface area contributed by atoms with Crippen LogP contribution in [0.5, 0.6) is 0 Å². The van der Waals surface area contributed by atoms with E-state index in [-0.39, 0.29) is 29.1 Å². The number of ether oxygens (including phenoxy) is 2. The molecular formula is C28H52N4O4. The monoisotopic (exact) mass is 508 g/mol. The van der Waals surface area contributed by atoms with Gasteiger partial charge in [0.2, 0.25) is 0 Å². The number of carbonyl (C=O) groups is 2. The number of piperidine rings is 2. The van der Waals surface area contributed by atoms with Gasteiger partial charge in [0.05, 0.1) is 13.2 Å². The summed E-state index contributed by atoms with van der Waals surface area (Å²) in [4.78, 5) is 29.7. The fourth-order valence-electron chi connectivity index (χ4n) is 6.69. The number of nitrogens with one attached hydrogen (secondary N) is 2. The average Bonchev–Trinajstić information content (AvgIpc) is 2.83. The van der Waals surface area contributed by atoms with Crippen LogP contribution in [-0.4, -0.2) is 87.1 Å². The number of hydrogen-bond donors (Lipinski definition) is 2. The molecule has 2 heterocycles. The molecule has 2 aliphatic heterocycles. The highest BCUT2D eigenvalue weighted by Crippen LogP contribution is 2.45. The normalized spacial score (nSPS) is 27.2. The molecule has 1 saturated carbocycles. The first-order chi connectivity index (χ1) is 17.2. The van der Waals surface area contributed by atoms with Gasteiger partial charge in [-0.05, 0) is 94.8 Å². The molecule has 3 aliphatic rings. The summed E-state index contributed by atoms with van der Waals surface area (Å²) < 4.78 is 10.9. The van der Waals surface area contributed by atoms with E-state index in [1.165, 1.54) is 64.7 Å². The summed E-state index contributed by atoms with van der Waals surface area (Å²) in [6, 6.07) is 0.0377. The Labute approximate surface area is 219 Å². The molecule has 8 heteroatoms. The number of rotatable bonds is 11. The van der Waals surface area contributed by atoms with E-state index in [0.717, 1.165) is 45.2 Å². The molecule has 36 heavy (non-hydrogen) atoms. The second-order valence-electron chi connectivity index (χ2n) is 12.5. The van der Waals surface area contributed by atoms with E-state index in [4.69, 9.17) is 9.47 Å². The fourth-order valence-corrected chi connectivity index (χ4v) is 6.69. The van der Waals surface area contributed by atoms with Crippen LogP contribution >= 0.6 is 0 Å². The number of hydrogen-bond acceptors (Lipinski definition) is 6. The van der Waals surface area contributed by atoms with Crippen LogP contribution in [0.1, 0.15) is 91.4 Å². The molecule has 2 N–H and O–H groups in total. The van der Waals surface area contributed by atoms with Crippen molar-refractivity contribution in [1.82, 2.24) is 20.4 Å². The first-order valence-corrected chi connectivity index (χ1v) is 14.5. The Balaban J connectivity index is 1.32. The van der Waals surface area contributed by atoms with Crippen molar-refractivity contribution in [3.63, 3.8) is 0 Å². The molecule has 0 aromatic carbocycles. The summed E-state index contributed by atoms with van der Waals surface area (Å²) in [6.45, 7) is 14.8. The third-order valence-electron chi connectivity index (χ3n) is 8.03. The second-order valence-corrected chi connectivity index (χ2v) is 12.5. The van der Waals surface area contributed by atoms with Crippen molar-refractivity contribution >= 4 is 12.2 Å². The van der Waals surface area contributed by atoms with E-state index in [0.29, 0.717) is 19.8 Å². The SMILES string of the molecule is CC1(C)CC(NC(=O)OCCCN2CCCCC2)CC(C)(CNC(=O)OCCCN2CCCCC2)C1. The largest absolute Gasteiger partial charge is 0.450 e. The van der Waals surface area contributed by atoms with Crippen LogP contribution in [0.15, 0.2) is 0 Å². The minimum Gasteiger partial charge on any atom is -0.450 e. The van der Waals surface area contributed by atoms with Crippen LogP contribution in [-0.2, 0) is 9.47 Å². The van der Waals surface area contributed by atoms with E-state index >= 15 is 0 Å². The van der Waals surface area contributed by atoms with Gasteiger partial charge < -0.3 is 29.9 Å². The van der Waals surface area contributed by atoms with Crippen molar-refractivity contribution < 1.29 is 19.1 Å². The molecular weight excluding hydrogens is 456 g/mol. The molecule has 2 unspecified atom stereocenters. The first kappa shape index (κ1) is 29.0. The summed E-state index contributed by atoms with van der Waals surface area (Å²) in [7, 11) is 0. The summed E-state index contributed by atoms with van der Waals surface area (Å²) >= 11 is 0. The van der Waals surface area contributed by atoms with E-state index in [1.807, 2.05) is 0 Å². The third kappa shape index (κ3) is 10.8. The quantitative estimate of drug-likeness (QED) is 0.391. The Morgan fingerprint density at radius 2 is 1.31 bits per heavy atom. The molecule has 0 aromatic rings. The molecule has 3 rings (SSSR count). The van der Waals surface area contributed by atoms with Gasteiger partial charge in [0.1, 0.15) is 0 Å². The molecule has 208 valence electrons. The van der Waals surface area contributed by atoms with Crippen molar-refractivity contribution in [2.75, 3.05) is 59.0 Å². The zero-order chi connectivity index (χ0) is 25.9. The van der Waals surface area contributed by atoms with Crippen LogP contribution in [0, 0.1) is 10.8 Å². The maximum atomic E-state index is 12.5. The molecule has 0 radical (unpaired) electrons. The van der Waals surface area contributed by atoms with Gasteiger partial charge in [0, 0.05) is 25.7 Å². The van der Waals surface area contributed by atoms with Crippen molar-refractivity contribution in [3.8, 4) is 0 Å². The van der Waals surface area contributed by atoms with Gasteiger partial charge in [0.25, 0.3) is 0 Å². The molecule has 1 aliphatic carbocycles. The minimum atomic E-state index is -0.337. The Bertz CT molecular complexity index is 676. The van der Waals surface area contributed by atoms with Crippen LogP contribution in [0.4, 0.5) is 9.59 Å². The maximum absolute atomic E-state index is 12.5.